The first kappa shape index (κ1) is 56.2. The molecule has 3 aliphatic rings. The quantitative estimate of drug-likeness (QED) is 0.106. The number of nitrogens with zero attached hydrogens (tertiary/aromatic N) is 12. The second-order valence-electron chi connectivity index (χ2n) is 21.7. The minimum Gasteiger partial charge on any atom is -0.302 e. The summed E-state index contributed by atoms with van der Waals surface area (Å²) < 4.78 is 57.5. The van der Waals surface area contributed by atoms with E-state index in [9.17, 15) is 23.2 Å². The van der Waals surface area contributed by atoms with Gasteiger partial charge >= 0.3 is 0 Å². The number of benzene rings is 6. The van der Waals surface area contributed by atoms with Gasteiger partial charge < -0.3 is 9.80 Å². The number of Topliss-reactive ketones (excluding diaryl/α,β-unsaturated/α-hetero) is 2. The van der Waals surface area contributed by atoms with Crippen LogP contribution in [0.15, 0.2) is 144 Å². The molecule has 3 fully saturated rings. The van der Waals surface area contributed by atoms with E-state index in [0.717, 1.165) is 134 Å². The van der Waals surface area contributed by atoms with Crippen LogP contribution in [0.1, 0.15) is 36.5 Å². The molecule has 15 rings (SSSR count). The molecule has 1 amide bonds. The van der Waals surface area contributed by atoms with Crippen molar-refractivity contribution >= 4 is 203 Å². The van der Waals surface area contributed by atoms with E-state index in [1.54, 1.807) is 34.9 Å². The van der Waals surface area contributed by atoms with Gasteiger partial charge in [-0.1, -0.05) is 65.8 Å². The number of thiophene rings is 2. The highest BCUT2D eigenvalue weighted by Gasteiger charge is 2.53. The van der Waals surface area contributed by atoms with Crippen molar-refractivity contribution in [3.8, 4) is 32.0 Å². The minimum atomic E-state index is -1.80. The Morgan fingerprint density at radius 1 is 0.568 bits per heavy atom. The summed E-state index contributed by atoms with van der Waals surface area (Å²) in [6.07, 6.45) is -2.53. The van der Waals surface area contributed by atoms with Crippen LogP contribution in [0.25, 0.3) is 75.9 Å². The second kappa shape index (κ2) is 22.3. The SMILES string of the molecule is CCN1C(=O)C(=Nc2ncc(-c3ccc(N(c4ccc(C)cc4)c4ccc(C)c(-c5ccc(N(c6ccc(C)cc6)c6ccc(-c7cc8c(cc(N=C9C(=O)C%10CC(F)C(F)CC%10C9=O)c9nsnc98)c8nsnc78)s6)cc5)c4)s3)c3nsnc23)SC1=S. The molecule has 0 bridgehead atoms. The first-order chi connectivity index (χ1) is 42.8. The van der Waals surface area contributed by atoms with Crippen LogP contribution in [-0.2, 0) is 14.4 Å². The van der Waals surface area contributed by atoms with Gasteiger partial charge in [-0.2, -0.15) is 26.2 Å². The standard InChI is InChI=1S/C64H44F2N12O3S7/c1-5-76-63(81)62(85-64(76)82)69-61-57-55(73-88-75-57)44(29-67-61)49-21-23-51(84-49)78(35-15-8-31(3)9-16-35)37-17-10-32(4)38(24-37)33-11-18-36(19-12-33)77(34-13-6-30(2)7-14-34)50-22-20-48(83-50)43-25-39-40(52-54(43)72-86-70-52)28-47(56-53(39)71-87-74-56)68-58-59(79)41-26-45(65)46(66)27-42(41)60(58)80/h6-25,28-29,41-42,45-46H,5,26-27H2,1-4H3. The molecule has 1 saturated heterocycles. The number of rotatable bonds is 12. The molecule has 4 atom stereocenters. The number of carbonyl (C=O) groups is 3. The monoisotopic (exact) mass is 1290 g/mol. The van der Waals surface area contributed by atoms with Gasteiger partial charge in [0.15, 0.2) is 28.1 Å². The maximum absolute atomic E-state index is 14.5. The molecule has 7 heterocycles. The highest BCUT2D eigenvalue weighted by Crippen LogP contribution is 2.49. The normalized spacial score (nSPS) is 18.3. The third-order valence-corrected chi connectivity index (χ3v) is 21.5. The molecule has 24 heteroatoms. The average Bonchev–Trinajstić information content (AvgIpc) is 1.60. The fourth-order valence-corrected chi connectivity index (χ4v) is 16.9. The lowest BCUT2D eigenvalue weighted by Gasteiger charge is -2.27. The third-order valence-electron chi connectivity index (χ3n) is 16.3. The molecule has 4 unspecified atom stereocenters. The lowest BCUT2D eigenvalue weighted by Crippen LogP contribution is -2.35. The van der Waals surface area contributed by atoms with Crippen LogP contribution in [0.4, 0.5) is 53.0 Å². The van der Waals surface area contributed by atoms with Gasteiger partial charge in [-0.3, -0.25) is 19.3 Å². The minimum absolute atomic E-state index is 0.243. The molecule has 0 spiro atoms. The Bertz CT molecular complexity index is 4910. The summed E-state index contributed by atoms with van der Waals surface area (Å²) in [6.45, 7) is 8.62. The van der Waals surface area contributed by atoms with Gasteiger partial charge in [0.25, 0.3) is 5.91 Å². The van der Waals surface area contributed by atoms with Gasteiger partial charge in [0.2, 0.25) is 0 Å². The van der Waals surface area contributed by atoms with Gasteiger partial charge in [-0.25, -0.2) is 23.7 Å². The zero-order valence-corrected chi connectivity index (χ0v) is 52.6. The number of ketones is 2. The highest BCUT2D eigenvalue weighted by atomic mass is 32.2. The number of pyridine rings is 1. The van der Waals surface area contributed by atoms with Gasteiger partial charge in [0.1, 0.15) is 59.8 Å². The van der Waals surface area contributed by atoms with E-state index in [2.05, 4.69) is 165 Å². The second-order valence-corrected chi connectivity index (χ2v) is 27.0. The Balaban J connectivity index is 0.755. The fraction of sp³-hybridized carbons (Fsp3) is 0.172. The van der Waals surface area contributed by atoms with Gasteiger partial charge in [0, 0.05) is 79.0 Å². The van der Waals surface area contributed by atoms with Gasteiger partial charge in [-0.05, 0) is 154 Å². The van der Waals surface area contributed by atoms with Crippen LogP contribution in [0.5, 0.6) is 0 Å². The van der Waals surface area contributed by atoms with Crippen molar-refractivity contribution in [3.05, 3.63) is 150 Å². The van der Waals surface area contributed by atoms with E-state index in [4.69, 9.17) is 34.7 Å². The first-order valence-electron chi connectivity index (χ1n) is 27.9. The molecule has 15 nitrogen and oxygen atoms in total. The number of thiocarbonyl (C=S) groups is 1. The molecule has 0 radical (unpaired) electrons. The van der Waals surface area contributed by atoms with E-state index in [0.29, 0.717) is 55.2 Å². The number of halogens is 2. The topological polar surface area (TPSA) is 176 Å². The Labute approximate surface area is 531 Å². The van der Waals surface area contributed by atoms with Crippen molar-refractivity contribution in [3.63, 3.8) is 0 Å². The molecule has 1 aliphatic heterocycles. The summed E-state index contributed by atoms with van der Waals surface area (Å²) in [5, 5.41) is 3.62. The molecular formula is C64H44F2N12O3S7. The van der Waals surface area contributed by atoms with Crippen LogP contribution < -0.4 is 9.80 Å². The van der Waals surface area contributed by atoms with Crippen LogP contribution in [0.3, 0.4) is 0 Å². The lowest BCUT2D eigenvalue weighted by molar-refractivity contribution is -0.123. The summed E-state index contributed by atoms with van der Waals surface area (Å²) in [7, 11) is 0. The van der Waals surface area contributed by atoms with E-state index < -0.39 is 35.7 Å². The lowest BCUT2D eigenvalue weighted by atomic mass is 9.79. The number of amides is 1. The summed E-state index contributed by atoms with van der Waals surface area (Å²) in [5.41, 5.74) is 14.4. The number of aliphatic imine (C=N–C) groups is 2. The van der Waals surface area contributed by atoms with Crippen molar-refractivity contribution < 1.29 is 23.2 Å². The van der Waals surface area contributed by atoms with Crippen LogP contribution in [0.2, 0.25) is 0 Å². The molecule has 12 aromatic rings. The third kappa shape index (κ3) is 9.63. The van der Waals surface area contributed by atoms with Crippen molar-refractivity contribution in [2.24, 2.45) is 21.8 Å². The zero-order chi connectivity index (χ0) is 60.2. The molecular weight excluding hydrogens is 1250 g/mol. The van der Waals surface area contributed by atoms with Crippen molar-refractivity contribution in [1.82, 2.24) is 36.1 Å². The van der Waals surface area contributed by atoms with Crippen molar-refractivity contribution in [2.45, 2.75) is 52.9 Å². The number of fused-ring (bicyclic) bond motifs is 7. The van der Waals surface area contributed by atoms with E-state index in [1.165, 1.54) is 4.90 Å². The number of aromatic nitrogens is 7. The smallest absolute Gasteiger partial charge is 0.285 e. The number of alkyl halides is 2. The number of aryl methyl sites for hydroxylation is 3. The van der Waals surface area contributed by atoms with Gasteiger partial charge in [0.05, 0.1) is 40.9 Å². The molecule has 0 N–H and O–H groups in total. The highest BCUT2D eigenvalue weighted by molar-refractivity contribution is 8.35. The summed E-state index contributed by atoms with van der Waals surface area (Å²) in [5.74, 6) is -2.92. The van der Waals surface area contributed by atoms with Gasteiger partial charge in [-0.15, -0.1) is 22.7 Å². The molecule has 6 aromatic heterocycles. The Morgan fingerprint density at radius 3 is 1.68 bits per heavy atom. The number of hydrogen-bond acceptors (Lipinski definition) is 21. The summed E-state index contributed by atoms with van der Waals surface area (Å²) in [6, 6.07) is 44.4. The molecule has 6 aromatic carbocycles. The number of thioether (sulfide) groups is 1. The average molecular weight is 1290 g/mol. The Morgan fingerprint density at radius 2 is 1.08 bits per heavy atom. The number of anilines is 6. The molecule has 2 aliphatic carbocycles. The number of carbonyl (C=O) groups excluding carboxylic acids is 3. The summed E-state index contributed by atoms with van der Waals surface area (Å²) in [4.78, 5) is 62.1. The van der Waals surface area contributed by atoms with E-state index in [-0.39, 0.29) is 35.2 Å². The molecule has 88 heavy (non-hydrogen) atoms. The van der Waals surface area contributed by atoms with E-state index >= 15 is 0 Å². The van der Waals surface area contributed by atoms with Crippen LogP contribution in [0, 0.1) is 32.6 Å². The fourth-order valence-electron chi connectivity index (χ4n) is 11.8. The predicted octanol–water partition coefficient (Wildman–Crippen LogP) is 17.1. The largest absolute Gasteiger partial charge is 0.302 e. The Hall–Kier alpha value is -8.36. The molecule has 434 valence electrons. The number of hydrogen-bond donors (Lipinski definition) is 0. The van der Waals surface area contributed by atoms with Crippen LogP contribution >= 0.6 is 81.8 Å². The predicted molar refractivity (Wildman–Crippen MR) is 358 cm³/mol. The maximum atomic E-state index is 14.5. The molecule has 2 saturated carbocycles. The van der Waals surface area contributed by atoms with Crippen molar-refractivity contribution in [1.29, 1.82) is 0 Å². The van der Waals surface area contributed by atoms with Crippen molar-refractivity contribution in [2.75, 3.05) is 16.3 Å². The van der Waals surface area contributed by atoms with Crippen LogP contribution in [-0.4, -0.2) is 87.6 Å². The maximum Gasteiger partial charge on any atom is 0.285 e. The first-order valence-corrected chi connectivity index (χ1v) is 33.0. The zero-order valence-electron chi connectivity index (χ0n) is 46.8. The Kier molecular flexibility index (Phi) is 14.3. The van der Waals surface area contributed by atoms with E-state index in [1.807, 2.05) is 13.0 Å². The summed E-state index contributed by atoms with van der Waals surface area (Å²) >= 11 is 13.0.